The van der Waals surface area contributed by atoms with Gasteiger partial charge in [0.25, 0.3) is 0 Å². The van der Waals surface area contributed by atoms with Crippen molar-refractivity contribution in [2.24, 2.45) is 0 Å². The number of phenolic OH excluding ortho intramolecular Hbond substituents is 2. The minimum absolute atomic E-state index is 0. The molecule has 0 saturated carbocycles. The van der Waals surface area contributed by atoms with Crippen LogP contribution in [0.25, 0.3) is 0 Å². The zero-order chi connectivity index (χ0) is 12.6. The van der Waals surface area contributed by atoms with Crippen LogP contribution in [0.2, 0.25) is 0 Å². The number of fused-ring (bicyclic) bond motifs is 1. The summed E-state index contributed by atoms with van der Waals surface area (Å²) < 4.78 is 0. The molecule has 102 valence electrons. The van der Waals surface area contributed by atoms with Crippen LogP contribution in [0.5, 0.6) is 11.5 Å². The van der Waals surface area contributed by atoms with Gasteiger partial charge in [0.05, 0.1) is 0 Å². The maximum atomic E-state index is 9.55. The molecule has 1 aromatic rings. The Bertz CT molecular complexity index is 421. The topological polar surface area (TPSA) is 43.7 Å². The zero-order valence-corrected chi connectivity index (χ0v) is 12.9. The highest BCUT2D eigenvalue weighted by atomic mass is 79.9. The molecule has 1 aromatic carbocycles. The fraction of sp³-hybridized carbons (Fsp3) is 0.571. The van der Waals surface area contributed by atoms with Gasteiger partial charge in [-0.05, 0) is 63.4 Å². The van der Waals surface area contributed by atoms with E-state index in [2.05, 4.69) is 25.8 Å². The average Bonchev–Trinajstić information content (AvgIpc) is 2.29. The first-order valence-corrected chi connectivity index (χ1v) is 6.24. The standard InChI is InChI=1S/C14H21NO2.BrH/c1-9(2)15(3)12-5-4-10-7-13(16)14(17)8-11(10)6-12;/h7-9,12,16-17H,4-6H2,1-3H3;1H. The van der Waals surface area contributed by atoms with Gasteiger partial charge in [-0.25, -0.2) is 0 Å². The summed E-state index contributed by atoms with van der Waals surface area (Å²) in [6.07, 6.45) is 3.05. The monoisotopic (exact) mass is 315 g/mol. The van der Waals surface area contributed by atoms with Gasteiger partial charge in [0, 0.05) is 12.1 Å². The van der Waals surface area contributed by atoms with Crippen LogP contribution in [0, 0.1) is 0 Å². The van der Waals surface area contributed by atoms with Gasteiger partial charge < -0.3 is 15.1 Å². The van der Waals surface area contributed by atoms with Crippen LogP contribution in [0.4, 0.5) is 0 Å². The summed E-state index contributed by atoms with van der Waals surface area (Å²) in [5, 5.41) is 19.0. The lowest BCUT2D eigenvalue weighted by Crippen LogP contribution is -2.40. The Morgan fingerprint density at radius 1 is 1.17 bits per heavy atom. The molecule has 0 radical (unpaired) electrons. The molecular weight excluding hydrogens is 294 g/mol. The predicted molar refractivity (Wildman–Crippen MR) is 78.8 cm³/mol. The van der Waals surface area contributed by atoms with Gasteiger partial charge in [0.2, 0.25) is 0 Å². The lowest BCUT2D eigenvalue weighted by Gasteiger charge is -2.35. The number of phenols is 2. The molecule has 0 fully saturated rings. The normalized spacial score (nSPS) is 18.6. The lowest BCUT2D eigenvalue weighted by molar-refractivity contribution is 0.179. The first kappa shape index (κ1) is 15.3. The van der Waals surface area contributed by atoms with Gasteiger partial charge >= 0.3 is 0 Å². The second kappa shape index (κ2) is 5.93. The third kappa shape index (κ3) is 2.98. The highest BCUT2D eigenvalue weighted by Gasteiger charge is 2.24. The van der Waals surface area contributed by atoms with Crippen LogP contribution >= 0.6 is 17.0 Å². The van der Waals surface area contributed by atoms with Crippen molar-refractivity contribution >= 4 is 17.0 Å². The summed E-state index contributed by atoms with van der Waals surface area (Å²) in [5.74, 6) is -0.00369. The van der Waals surface area contributed by atoms with Crippen LogP contribution in [0.3, 0.4) is 0 Å². The Morgan fingerprint density at radius 2 is 1.72 bits per heavy atom. The molecule has 0 bridgehead atoms. The number of halogens is 1. The molecule has 1 aliphatic rings. The summed E-state index contributed by atoms with van der Waals surface area (Å²) >= 11 is 0. The Morgan fingerprint density at radius 3 is 2.28 bits per heavy atom. The average molecular weight is 316 g/mol. The number of hydrogen-bond donors (Lipinski definition) is 2. The molecule has 0 aromatic heterocycles. The Balaban J connectivity index is 0.00000162. The van der Waals surface area contributed by atoms with Crippen molar-refractivity contribution in [1.82, 2.24) is 4.90 Å². The van der Waals surface area contributed by atoms with Crippen molar-refractivity contribution < 1.29 is 10.2 Å². The molecule has 0 saturated heterocycles. The smallest absolute Gasteiger partial charge is 0.157 e. The van der Waals surface area contributed by atoms with Gasteiger partial charge in [0.15, 0.2) is 11.5 Å². The van der Waals surface area contributed by atoms with Crippen molar-refractivity contribution in [1.29, 1.82) is 0 Å². The largest absolute Gasteiger partial charge is 0.504 e. The number of benzene rings is 1. The fourth-order valence-corrected chi connectivity index (χ4v) is 2.53. The van der Waals surface area contributed by atoms with Gasteiger partial charge in [0.1, 0.15) is 0 Å². The number of nitrogens with zero attached hydrogens (tertiary/aromatic N) is 1. The van der Waals surface area contributed by atoms with E-state index in [1.165, 1.54) is 11.1 Å². The first-order valence-electron chi connectivity index (χ1n) is 6.24. The van der Waals surface area contributed by atoms with E-state index in [0.29, 0.717) is 12.1 Å². The van der Waals surface area contributed by atoms with Crippen molar-refractivity contribution in [3.05, 3.63) is 23.3 Å². The molecule has 18 heavy (non-hydrogen) atoms. The quantitative estimate of drug-likeness (QED) is 0.825. The van der Waals surface area contributed by atoms with Crippen LogP contribution in [0.1, 0.15) is 31.4 Å². The number of likely N-dealkylation sites (N-methyl/N-ethyl adjacent to an activating group) is 1. The molecule has 0 heterocycles. The Labute approximate surface area is 119 Å². The summed E-state index contributed by atoms with van der Waals surface area (Å²) in [6.45, 7) is 4.40. The molecule has 0 aliphatic heterocycles. The van der Waals surface area contributed by atoms with Gasteiger partial charge in [-0.1, -0.05) is 0 Å². The van der Waals surface area contributed by atoms with Crippen molar-refractivity contribution in [2.75, 3.05) is 7.05 Å². The van der Waals surface area contributed by atoms with E-state index < -0.39 is 0 Å². The summed E-state index contributed by atoms with van der Waals surface area (Å²) in [6, 6.07) is 4.49. The number of aryl methyl sites for hydroxylation is 1. The second-order valence-electron chi connectivity index (χ2n) is 5.27. The molecule has 2 N–H and O–H groups in total. The zero-order valence-electron chi connectivity index (χ0n) is 11.2. The van der Waals surface area contributed by atoms with E-state index in [9.17, 15) is 10.2 Å². The minimum Gasteiger partial charge on any atom is -0.504 e. The minimum atomic E-state index is -0.00315. The van der Waals surface area contributed by atoms with E-state index >= 15 is 0 Å². The Kier molecular flexibility index (Phi) is 5.05. The van der Waals surface area contributed by atoms with Crippen molar-refractivity contribution in [2.45, 2.75) is 45.2 Å². The van der Waals surface area contributed by atoms with E-state index in [1.807, 2.05) is 0 Å². The molecule has 1 unspecified atom stereocenters. The molecule has 3 nitrogen and oxygen atoms in total. The highest BCUT2D eigenvalue weighted by Crippen LogP contribution is 2.33. The SMILES string of the molecule is Br.CC(C)N(C)C1CCc2cc(O)c(O)cc2C1. The van der Waals surface area contributed by atoms with Gasteiger partial charge in [-0.15, -0.1) is 17.0 Å². The van der Waals surface area contributed by atoms with Gasteiger partial charge in [-0.3, -0.25) is 0 Å². The molecule has 2 rings (SSSR count). The van der Waals surface area contributed by atoms with Crippen molar-refractivity contribution in [3.63, 3.8) is 0 Å². The van der Waals surface area contributed by atoms with Gasteiger partial charge in [-0.2, -0.15) is 0 Å². The van der Waals surface area contributed by atoms with Crippen molar-refractivity contribution in [3.8, 4) is 11.5 Å². The van der Waals surface area contributed by atoms with E-state index in [0.717, 1.165) is 19.3 Å². The number of rotatable bonds is 2. The third-order valence-corrected chi connectivity index (χ3v) is 3.89. The maximum absolute atomic E-state index is 9.55. The van der Waals surface area contributed by atoms with Crippen LogP contribution < -0.4 is 0 Å². The number of aromatic hydroxyl groups is 2. The second-order valence-corrected chi connectivity index (χ2v) is 5.27. The summed E-state index contributed by atoms with van der Waals surface area (Å²) in [4.78, 5) is 2.38. The van der Waals surface area contributed by atoms with E-state index in [-0.39, 0.29) is 28.5 Å². The summed E-state index contributed by atoms with van der Waals surface area (Å²) in [5.41, 5.74) is 2.35. The Hall–Kier alpha value is -0.740. The fourth-order valence-electron chi connectivity index (χ4n) is 2.53. The van der Waals surface area contributed by atoms with E-state index in [4.69, 9.17) is 0 Å². The molecule has 1 aliphatic carbocycles. The first-order chi connectivity index (χ1) is 7.99. The van der Waals surface area contributed by atoms with E-state index in [1.54, 1.807) is 12.1 Å². The molecular formula is C14H22BrNO2. The number of hydrogen-bond acceptors (Lipinski definition) is 3. The molecule has 1 atom stereocenters. The molecule has 0 spiro atoms. The summed E-state index contributed by atoms with van der Waals surface area (Å²) in [7, 11) is 2.15. The third-order valence-electron chi connectivity index (χ3n) is 3.89. The molecule has 0 amide bonds. The maximum Gasteiger partial charge on any atom is 0.157 e. The predicted octanol–water partition coefficient (Wildman–Crippen LogP) is 2.87. The van der Waals surface area contributed by atoms with Crippen LogP contribution in [-0.2, 0) is 12.8 Å². The van der Waals surface area contributed by atoms with Crippen LogP contribution in [-0.4, -0.2) is 34.2 Å². The van der Waals surface area contributed by atoms with Crippen LogP contribution in [0.15, 0.2) is 12.1 Å². The highest BCUT2D eigenvalue weighted by molar-refractivity contribution is 8.93. The molecule has 4 heteroatoms. The lowest BCUT2D eigenvalue weighted by atomic mass is 9.87.